The van der Waals surface area contributed by atoms with Crippen molar-refractivity contribution < 1.29 is 13.7 Å². The Kier molecular flexibility index (Phi) is 3.17. The van der Waals surface area contributed by atoms with E-state index in [0.717, 1.165) is 12.0 Å². The van der Waals surface area contributed by atoms with Gasteiger partial charge in [-0.2, -0.15) is 0 Å². The third-order valence-electron chi connectivity index (χ3n) is 3.55. The van der Waals surface area contributed by atoms with Crippen LogP contribution >= 0.6 is 12.9 Å². The van der Waals surface area contributed by atoms with Gasteiger partial charge in [-0.25, -0.2) is 0 Å². The van der Waals surface area contributed by atoms with E-state index in [1.165, 1.54) is 7.11 Å². The van der Waals surface area contributed by atoms with Crippen LogP contribution in [0.4, 0.5) is 5.69 Å². The van der Waals surface area contributed by atoms with Crippen LogP contribution in [0, 0.1) is 0 Å². The molecule has 1 saturated heterocycles. The largest absolute Gasteiger partial charge is 0.493 e. The van der Waals surface area contributed by atoms with Crippen molar-refractivity contribution in [1.29, 1.82) is 0 Å². The van der Waals surface area contributed by atoms with Gasteiger partial charge in [0.25, 0.3) is 5.91 Å². The number of fused-ring (bicyclic) bond motifs is 2. The number of hydrogen-bond donors (Lipinski definition) is 1. The Morgan fingerprint density at radius 3 is 2.95 bits per heavy atom. The number of thiol groups is 1. The van der Waals surface area contributed by atoms with E-state index in [0.29, 0.717) is 29.3 Å². The summed E-state index contributed by atoms with van der Waals surface area (Å²) in [5.74, 6) is 0.829. The maximum Gasteiger partial charge on any atom is 0.257 e. The molecule has 3 rings (SSSR count). The van der Waals surface area contributed by atoms with Gasteiger partial charge in [0.2, 0.25) is 0 Å². The monoisotopic (exact) mass is 290 g/mol. The van der Waals surface area contributed by atoms with E-state index in [-0.39, 0.29) is 11.9 Å². The summed E-state index contributed by atoms with van der Waals surface area (Å²) in [6.07, 6.45) is 2.55. The first kappa shape index (κ1) is 13.1. The van der Waals surface area contributed by atoms with E-state index in [4.69, 9.17) is 8.92 Å². The predicted molar refractivity (Wildman–Crippen MR) is 79.3 cm³/mol. The molecule has 1 atom stereocenters. The van der Waals surface area contributed by atoms with Gasteiger partial charge in [-0.3, -0.25) is 9.79 Å². The molecule has 0 saturated carbocycles. The van der Waals surface area contributed by atoms with Crippen molar-refractivity contribution in [1.82, 2.24) is 4.90 Å². The molecule has 0 spiro atoms. The SMILES string of the molecule is C=C1CC2C=Nc3cc(OS)c(OC)cc3C(=O)N2C1. The summed E-state index contributed by atoms with van der Waals surface area (Å²) in [6.45, 7) is 4.52. The van der Waals surface area contributed by atoms with E-state index in [1.807, 2.05) is 0 Å². The molecule has 6 heteroatoms. The van der Waals surface area contributed by atoms with Crippen molar-refractivity contribution in [2.75, 3.05) is 13.7 Å². The lowest BCUT2D eigenvalue weighted by Crippen LogP contribution is -2.35. The van der Waals surface area contributed by atoms with Gasteiger partial charge >= 0.3 is 0 Å². The van der Waals surface area contributed by atoms with Crippen molar-refractivity contribution >= 4 is 30.7 Å². The number of aliphatic imine (C=N–C) groups is 1. The minimum atomic E-state index is -0.0647. The van der Waals surface area contributed by atoms with Gasteiger partial charge in [0.15, 0.2) is 11.5 Å². The van der Waals surface area contributed by atoms with Gasteiger partial charge in [-0.1, -0.05) is 12.2 Å². The number of carbonyl (C=O) groups is 1. The minimum Gasteiger partial charge on any atom is -0.493 e. The average molecular weight is 290 g/mol. The second kappa shape index (κ2) is 4.86. The zero-order valence-electron chi connectivity index (χ0n) is 11.0. The van der Waals surface area contributed by atoms with Gasteiger partial charge in [0, 0.05) is 31.7 Å². The van der Waals surface area contributed by atoms with E-state index >= 15 is 0 Å². The molecule has 2 aliphatic rings. The Balaban J connectivity index is 2.11. The topological polar surface area (TPSA) is 51.1 Å². The molecule has 104 valence electrons. The molecule has 20 heavy (non-hydrogen) atoms. The van der Waals surface area contributed by atoms with Crippen LogP contribution in [-0.2, 0) is 0 Å². The molecule has 0 radical (unpaired) electrons. The van der Waals surface area contributed by atoms with Crippen molar-refractivity contribution in [3.05, 3.63) is 29.8 Å². The van der Waals surface area contributed by atoms with Crippen LogP contribution in [0.25, 0.3) is 0 Å². The second-order valence-corrected chi connectivity index (χ2v) is 5.03. The summed E-state index contributed by atoms with van der Waals surface area (Å²) in [5.41, 5.74) is 2.12. The quantitative estimate of drug-likeness (QED) is 0.517. The molecule has 5 nitrogen and oxygen atoms in total. The van der Waals surface area contributed by atoms with Gasteiger partial charge in [0.05, 0.1) is 24.4 Å². The standard InChI is InChI=1S/C14H14N2O3S/c1-8-3-9-6-15-11-5-13(19-20)12(18-2)4-10(11)14(17)16(9)7-8/h4-6,9,20H,1,3,7H2,2H3. The molecule has 1 aromatic carbocycles. The Morgan fingerprint density at radius 2 is 2.25 bits per heavy atom. The molecule has 1 unspecified atom stereocenters. The van der Waals surface area contributed by atoms with Gasteiger partial charge < -0.3 is 13.8 Å². The number of carbonyl (C=O) groups excluding carboxylic acids is 1. The molecule has 1 aromatic rings. The first-order valence-electron chi connectivity index (χ1n) is 6.19. The van der Waals surface area contributed by atoms with Crippen LogP contribution in [0.2, 0.25) is 0 Å². The Bertz CT molecular complexity index is 627. The van der Waals surface area contributed by atoms with Crippen LogP contribution in [0.15, 0.2) is 29.3 Å². The maximum absolute atomic E-state index is 12.6. The van der Waals surface area contributed by atoms with Crippen LogP contribution in [0.3, 0.4) is 0 Å². The smallest absolute Gasteiger partial charge is 0.257 e. The van der Waals surface area contributed by atoms with Crippen molar-refractivity contribution in [3.8, 4) is 11.5 Å². The Morgan fingerprint density at radius 1 is 1.45 bits per heavy atom. The van der Waals surface area contributed by atoms with Crippen LogP contribution in [0.1, 0.15) is 16.8 Å². The predicted octanol–water partition coefficient (Wildman–Crippen LogP) is 2.41. The van der Waals surface area contributed by atoms with E-state index < -0.39 is 0 Å². The lowest BCUT2D eigenvalue weighted by molar-refractivity contribution is 0.0777. The third-order valence-corrected chi connectivity index (χ3v) is 3.75. The highest BCUT2D eigenvalue weighted by Gasteiger charge is 2.34. The molecule has 0 aromatic heterocycles. The zero-order chi connectivity index (χ0) is 14.3. The molecule has 2 aliphatic heterocycles. The van der Waals surface area contributed by atoms with E-state index in [1.54, 1.807) is 23.2 Å². The first-order chi connectivity index (χ1) is 9.63. The summed E-state index contributed by atoms with van der Waals surface area (Å²) < 4.78 is 10.2. The number of benzene rings is 1. The van der Waals surface area contributed by atoms with Crippen molar-refractivity contribution in [2.24, 2.45) is 4.99 Å². The highest BCUT2D eigenvalue weighted by Crippen LogP contribution is 2.38. The van der Waals surface area contributed by atoms with Crippen LogP contribution in [0.5, 0.6) is 11.5 Å². The molecular formula is C14H14N2O3S. The van der Waals surface area contributed by atoms with Crippen LogP contribution in [-0.4, -0.2) is 36.7 Å². The van der Waals surface area contributed by atoms with Crippen LogP contribution < -0.4 is 8.92 Å². The molecule has 0 aliphatic carbocycles. The lowest BCUT2D eigenvalue weighted by atomic mass is 10.1. The number of ether oxygens (including phenoxy) is 1. The maximum atomic E-state index is 12.6. The molecule has 1 fully saturated rings. The molecule has 0 N–H and O–H groups in total. The van der Waals surface area contributed by atoms with E-state index in [9.17, 15) is 4.79 Å². The number of nitrogens with zero attached hydrogens (tertiary/aromatic N) is 2. The average Bonchev–Trinajstić information content (AvgIpc) is 2.79. The Hall–Kier alpha value is -1.95. The molecule has 2 heterocycles. The van der Waals surface area contributed by atoms with E-state index in [2.05, 4.69) is 24.5 Å². The first-order valence-corrected chi connectivity index (χ1v) is 6.56. The third kappa shape index (κ3) is 1.96. The fraction of sp³-hybridized carbons (Fsp3) is 0.286. The fourth-order valence-electron chi connectivity index (χ4n) is 2.56. The van der Waals surface area contributed by atoms with Gasteiger partial charge in [0.1, 0.15) is 0 Å². The number of rotatable bonds is 2. The number of methoxy groups -OCH3 is 1. The minimum absolute atomic E-state index is 0.0197. The van der Waals surface area contributed by atoms with Gasteiger partial charge in [-0.15, -0.1) is 0 Å². The Labute approximate surface area is 122 Å². The number of amides is 1. The number of hydrogen-bond acceptors (Lipinski definition) is 5. The van der Waals surface area contributed by atoms with Crippen molar-refractivity contribution in [3.63, 3.8) is 0 Å². The second-order valence-electron chi connectivity index (χ2n) is 4.84. The lowest BCUT2D eigenvalue weighted by Gasteiger charge is -2.19. The molecule has 0 bridgehead atoms. The highest BCUT2D eigenvalue weighted by atomic mass is 32.1. The molecular weight excluding hydrogens is 276 g/mol. The summed E-state index contributed by atoms with van der Waals surface area (Å²) in [4.78, 5) is 18.8. The summed E-state index contributed by atoms with van der Waals surface area (Å²) in [7, 11) is 1.52. The highest BCUT2D eigenvalue weighted by molar-refractivity contribution is 7.75. The normalized spacial score (nSPS) is 20.5. The summed E-state index contributed by atoms with van der Waals surface area (Å²) >= 11 is 3.79. The fourth-order valence-corrected chi connectivity index (χ4v) is 2.71. The zero-order valence-corrected chi connectivity index (χ0v) is 11.9. The molecule has 1 amide bonds. The van der Waals surface area contributed by atoms with Gasteiger partial charge in [-0.05, 0) is 12.5 Å². The summed E-state index contributed by atoms with van der Waals surface area (Å²) in [6, 6.07) is 3.28. The van der Waals surface area contributed by atoms with Crippen molar-refractivity contribution in [2.45, 2.75) is 12.5 Å². The summed E-state index contributed by atoms with van der Waals surface area (Å²) in [5, 5.41) is 0.